The third-order valence-electron chi connectivity index (χ3n) is 3.55. The van der Waals surface area contributed by atoms with Crippen LogP contribution in [0.4, 0.5) is 0 Å². The first kappa shape index (κ1) is 15.5. The summed E-state index contributed by atoms with van der Waals surface area (Å²) in [6.45, 7) is 8.78. The molecule has 1 unspecified atom stereocenters. The highest BCUT2D eigenvalue weighted by atomic mass is 79.9. The zero-order valence-electron chi connectivity index (χ0n) is 12.8. The van der Waals surface area contributed by atoms with Crippen LogP contribution in [0.2, 0.25) is 0 Å². The van der Waals surface area contributed by atoms with Crippen LogP contribution in [0, 0.1) is 0 Å². The molecule has 110 valence electrons. The van der Waals surface area contributed by atoms with Crippen molar-refractivity contribution in [1.82, 2.24) is 9.38 Å². The molecule has 2 heterocycles. The molecular weight excluding hydrogens is 314 g/mol. The van der Waals surface area contributed by atoms with Gasteiger partial charge in [0.15, 0.2) is 0 Å². The third kappa shape index (κ3) is 3.07. The fourth-order valence-electron chi connectivity index (χ4n) is 2.50. The first-order chi connectivity index (χ1) is 9.34. The number of halogens is 1. The van der Waals surface area contributed by atoms with Crippen LogP contribution >= 0.6 is 15.9 Å². The molecule has 0 saturated carbocycles. The molecule has 0 aliphatic carbocycles. The summed E-state index contributed by atoms with van der Waals surface area (Å²) in [4.78, 5) is 4.82. The highest BCUT2D eigenvalue weighted by molar-refractivity contribution is 9.10. The maximum atomic E-state index is 6.46. The standard InChI is InChI=1S/C16H24BrN3/c1-5-6-7-12(18)14-15(16(2,3)4)19-13-9-8-11(17)10-20(13)14/h8-10,12H,5-7,18H2,1-4H3. The molecule has 0 aliphatic rings. The zero-order chi connectivity index (χ0) is 14.9. The van der Waals surface area contributed by atoms with Crippen LogP contribution in [-0.2, 0) is 5.41 Å². The van der Waals surface area contributed by atoms with E-state index in [4.69, 9.17) is 10.7 Å². The second-order valence-electron chi connectivity index (χ2n) is 6.42. The first-order valence-electron chi connectivity index (χ1n) is 7.28. The van der Waals surface area contributed by atoms with Crippen molar-refractivity contribution in [2.45, 2.75) is 58.4 Å². The Balaban J connectivity index is 2.60. The lowest BCUT2D eigenvalue weighted by Gasteiger charge is -2.21. The molecule has 0 spiro atoms. The van der Waals surface area contributed by atoms with Crippen molar-refractivity contribution >= 4 is 21.6 Å². The van der Waals surface area contributed by atoms with Crippen molar-refractivity contribution in [2.24, 2.45) is 5.73 Å². The summed E-state index contributed by atoms with van der Waals surface area (Å²) >= 11 is 3.54. The number of hydrogen-bond acceptors (Lipinski definition) is 2. The van der Waals surface area contributed by atoms with Crippen LogP contribution < -0.4 is 5.73 Å². The van der Waals surface area contributed by atoms with Gasteiger partial charge in [-0.1, -0.05) is 40.5 Å². The lowest BCUT2D eigenvalue weighted by atomic mass is 9.88. The highest BCUT2D eigenvalue weighted by Crippen LogP contribution is 2.31. The number of hydrogen-bond donors (Lipinski definition) is 1. The van der Waals surface area contributed by atoms with E-state index < -0.39 is 0 Å². The summed E-state index contributed by atoms with van der Waals surface area (Å²) in [7, 11) is 0. The number of nitrogens with zero attached hydrogens (tertiary/aromatic N) is 2. The minimum absolute atomic E-state index is 0.00232. The van der Waals surface area contributed by atoms with E-state index in [0.29, 0.717) is 0 Å². The Kier molecular flexibility index (Phi) is 4.55. The summed E-state index contributed by atoms with van der Waals surface area (Å²) in [5, 5.41) is 0. The van der Waals surface area contributed by atoms with Crippen molar-refractivity contribution in [1.29, 1.82) is 0 Å². The molecule has 0 bridgehead atoms. The van der Waals surface area contributed by atoms with Gasteiger partial charge in [0.25, 0.3) is 0 Å². The van der Waals surface area contributed by atoms with Crippen LogP contribution in [0.15, 0.2) is 22.8 Å². The van der Waals surface area contributed by atoms with Crippen molar-refractivity contribution in [3.05, 3.63) is 34.2 Å². The Bertz CT molecular complexity index is 596. The van der Waals surface area contributed by atoms with Crippen LogP contribution in [0.5, 0.6) is 0 Å². The first-order valence-corrected chi connectivity index (χ1v) is 8.07. The number of imidazole rings is 1. The zero-order valence-corrected chi connectivity index (χ0v) is 14.4. The summed E-state index contributed by atoms with van der Waals surface area (Å²) in [6, 6.07) is 4.10. The van der Waals surface area contributed by atoms with Crippen LogP contribution in [0.25, 0.3) is 5.65 Å². The number of rotatable bonds is 4. The molecule has 0 aliphatic heterocycles. The highest BCUT2D eigenvalue weighted by Gasteiger charge is 2.26. The third-order valence-corrected chi connectivity index (χ3v) is 4.02. The van der Waals surface area contributed by atoms with Gasteiger partial charge >= 0.3 is 0 Å². The molecule has 0 saturated heterocycles. The number of pyridine rings is 1. The van der Waals surface area contributed by atoms with Gasteiger partial charge in [-0.2, -0.15) is 0 Å². The maximum absolute atomic E-state index is 6.46. The largest absolute Gasteiger partial charge is 0.323 e. The van der Waals surface area contributed by atoms with Crippen LogP contribution in [0.1, 0.15) is 64.4 Å². The summed E-state index contributed by atoms with van der Waals surface area (Å²) in [6.07, 6.45) is 5.38. The van der Waals surface area contributed by atoms with Gasteiger partial charge in [0, 0.05) is 22.1 Å². The van der Waals surface area contributed by atoms with E-state index in [9.17, 15) is 0 Å². The lowest BCUT2D eigenvalue weighted by molar-refractivity contribution is 0.529. The topological polar surface area (TPSA) is 43.3 Å². The van der Waals surface area contributed by atoms with E-state index in [1.807, 2.05) is 12.1 Å². The maximum Gasteiger partial charge on any atom is 0.137 e. The molecule has 2 aromatic rings. The molecule has 20 heavy (non-hydrogen) atoms. The van der Waals surface area contributed by atoms with E-state index in [0.717, 1.165) is 34.3 Å². The van der Waals surface area contributed by atoms with Gasteiger partial charge in [0.05, 0.1) is 11.4 Å². The smallest absolute Gasteiger partial charge is 0.137 e. The molecule has 0 amide bonds. The van der Waals surface area contributed by atoms with E-state index in [2.05, 4.69) is 54.2 Å². The summed E-state index contributed by atoms with van der Waals surface area (Å²) in [5.74, 6) is 0. The number of unbranched alkanes of at least 4 members (excludes halogenated alkanes) is 1. The Morgan fingerprint density at radius 1 is 1.35 bits per heavy atom. The van der Waals surface area contributed by atoms with Crippen molar-refractivity contribution in [3.63, 3.8) is 0 Å². The van der Waals surface area contributed by atoms with Crippen molar-refractivity contribution < 1.29 is 0 Å². The van der Waals surface area contributed by atoms with Gasteiger partial charge in [-0.15, -0.1) is 0 Å². The van der Waals surface area contributed by atoms with Gasteiger partial charge in [-0.25, -0.2) is 4.98 Å². The van der Waals surface area contributed by atoms with Crippen LogP contribution in [-0.4, -0.2) is 9.38 Å². The van der Waals surface area contributed by atoms with E-state index >= 15 is 0 Å². The van der Waals surface area contributed by atoms with Crippen LogP contribution in [0.3, 0.4) is 0 Å². The molecule has 3 nitrogen and oxygen atoms in total. The number of fused-ring (bicyclic) bond motifs is 1. The SMILES string of the molecule is CCCCC(N)c1c(C(C)(C)C)nc2ccc(Br)cn12. The molecule has 0 radical (unpaired) electrons. The summed E-state index contributed by atoms with van der Waals surface area (Å²) in [5.41, 5.74) is 9.70. The second kappa shape index (κ2) is 5.86. The fourth-order valence-corrected chi connectivity index (χ4v) is 2.84. The molecule has 2 aromatic heterocycles. The van der Waals surface area contributed by atoms with Gasteiger partial charge in [-0.3, -0.25) is 0 Å². The molecule has 0 fully saturated rings. The van der Waals surface area contributed by atoms with Crippen molar-refractivity contribution in [2.75, 3.05) is 0 Å². The monoisotopic (exact) mass is 337 g/mol. The Labute approximate surface area is 129 Å². The predicted molar refractivity (Wildman–Crippen MR) is 88.0 cm³/mol. The normalized spacial score (nSPS) is 13.9. The van der Waals surface area contributed by atoms with E-state index in [1.165, 1.54) is 6.42 Å². The average Bonchev–Trinajstić information content (AvgIpc) is 2.74. The molecule has 0 aromatic carbocycles. The molecule has 4 heteroatoms. The number of nitrogens with two attached hydrogens (primary N) is 1. The van der Waals surface area contributed by atoms with Gasteiger partial charge < -0.3 is 10.1 Å². The quantitative estimate of drug-likeness (QED) is 0.886. The fraction of sp³-hybridized carbons (Fsp3) is 0.562. The van der Waals surface area contributed by atoms with E-state index in [1.54, 1.807) is 0 Å². The minimum Gasteiger partial charge on any atom is -0.323 e. The van der Waals surface area contributed by atoms with Gasteiger partial charge in [-0.05, 0) is 34.5 Å². The molecular formula is C16H24BrN3. The van der Waals surface area contributed by atoms with Crippen molar-refractivity contribution in [3.8, 4) is 0 Å². The Morgan fingerprint density at radius 3 is 2.65 bits per heavy atom. The average molecular weight is 338 g/mol. The lowest BCUT2D eigenvalue weighted by Crippen LogP contribution is -2.21. The Morgan fingerprint density at radius 2 is 2.05 bits per heavy atom. The second-order valence-corrected chi connectivity index (χ2v) is 7.34. The molecule has 1 atom stereocenters. The van der Waals surface area contributed by atoms with Gasteiger partial charge in [0.1, 0.15) is 5.65 Å². The Hall–Kier alpha value is -0.870. The molecule has 2 rings (SSSR count). The predicted octanol–water partition coefficient (Wildman–Crippen LogP) is 4.58. The van der Waals surface area contributed by atoms with E-state index in [-0.39, 0.29) is 11.5 Å². The molecule has 2 N–H and O–H groups in total. The minimum atomic E-state index is -0.00232. The number of aromatic nitrogens is 2. The summed E-state index contributed by atoms with van der Waals surface area (Å²) < 4.78 is 3.19. The van der Waals surface area contributed by atoms with Gasteiger partial charge in [0.2, 0.25) is 0 Å².